The predicted octanol–water partition coefficient (Wildman–Crippen LogP) is -0.0525. The van der Waals surface area contributed by atoms with Crippen molar-refractivity contribution in [3.63, 3.8) is 0 Å². The first-order valence-electron chi connectivity index (χ1n) is 8.36. The molecule has 0 aromatic carbocycles. The van der Waals surface area contributed by atoms with Gasteiger partial charge in [0, 0.05) is 52.5 Å². The standard InChI is InChI=1S/C16H26N4O5S/c1-18(2)26(22,23)20-8-4-7-19(9-10-20)16(21)13-25-12-14-5-6-15(24-3)17-11-14/h5-6,11H,4,7-10,12-13H2,1-3H3. The Morgan fingerprint density at radius 2 is 2.00 bits per heavy atom. The van der Waals surface area contributed by atoms with Crippen LogP contribution in [0.25, 0.3) is 0 Å². The third-order valence-electron chi connectivity index (χ3n) is 4.10. The zero-order valence-corrected chi connectivity index (χ0v) is 16.2. The van der Waals surface area contributed by atoms with E-state index in [4.69, 9.17) is 9.47 Å². The molecular formula is C16H26N4O5S. The zero-order valence-electron chi connectivity index (χ0n) is 15.4. The van der Waals surface area contributed by atoms with E-state index < -0.39 is 10.2 Å². The minimum Gasteiger partial charge on any atom is -0.481 e. The number of rotatable bonds is 7. The van der Waals surface area contributed by atoms with Crippen LogP contribution < -0.4 is 4.74 Å². The number of amides is 1. The van der Waals surface area contributed by atoms with Gasteiger partial charge in [0.2, 0.25) is 11.8 Å². The topological polar surface area (TPSA) is 92.3 Å². The molecule has 0 saturated carbocycles. The largest absolute Gasteiger partial charge is 0.481 e. The second-order valence-electron chi connectivity index (χ2n) is 6.13. The van der Waals surface area contributed by atoms with Crippen molar-refractivity contribution in [1.82, 2.24) is 18.5 Å². The number of pyridine rings is 1. The lowest BCUT2D eigenvalue weighted by molar-refractivity contribution is -0.136. The molecule has 0 aliphatic carbocycles. The van der Waals surface area contributed by atoms with Gasteiger partial charge < -0.3 is 14.4 Å². The highest BCUT2D eigenvalue weighted by Gasteiger charge is 2.28. The van der Waals surface area contributed by atoms with E-state index in [0.717, 1.165) is 5.56 Å². The molecule has 1 aromatic heterocycles. The summed E-state index contributed by atoms with van der Waals surface area (Å²) in [5.74, 6) is 0.377. The average molecular weight is 386 g/mol. The molecule has 1 aliphatic rings. The van der Waals surface area contributed by atoms with E-state index in [0.29, 0.717) is 31.9 Å². The van der Waals surface area contributed by atoms with E-state index in [-0.39, 0.29) is 25.7 Å². The number of hydrogen-bond acceptors (Lipinski definition) is 6. The van der Waals surface area contributed by atoms with Crippen LogP contribution in [0.1, 0.15) is 12.0 Å². The van der Waals surface area contributed by atoms with Gasteiger partial charge in [0.15, 0.2) is 0 Å². The molecule has 0 atom stereocenters. The maximum Gasteiger partial charge on any atom is 0.281 e. The minimum atomic E-state index is -3.45. The van der Waals surface area contributed by atoms with Crippen LogP contribution in [-0.2, 0) is 26.3 Å². The molecule has 9 nitrogen and oxygen atoms in total. The molecular weight excluding hydrogens is 360 g/mol. The quantitative estimate of drug-likeness (QED) is 0.652. The van der Waals surface area contributed by atoms with Crippen LogP contribution in [0, 0.1) is 0 Å². The molecule has 0 N–H and O–H groups in total. The molecule has 146 valence electrons. The van der Waals surface area contributed by atoms with Crippen LogP contribution in [-0.4, -0.2) is 86.8 Å². The van der Waals surface area contributed by atoms with E-state index in [2.05, 4.69) is 4.98 Å². The third kappa shape index (κ3) is 5.37. The van der Waals surface area contributed by atoms with Gasteiger partial charge in [-0.1, -0.05) is 0 Å². The number of carbonyl (C=O) groups is 1. The van der Waals surface area contributed by atoms with Crippen molar-refractivity contribution >= 4 is 16.1 Å². The molecule has 1 saturated heterocycles. The Kier molecular flexibility index (Phi) is 7.33. The Morgan fingerprint density at radius 1 is 1.23 bits per heavy atom. The Balaban J connectivity index is 1.80. The predicted molar refractivity (Wildman–Crippen MR) is 95.8 cm³/mol. The number of hydrogen-bond donors (Lipinski definition) is 0. The summed E-state index contributed by atoms with van der Waals surface area (Å²) in [5, 5.41) is 0. The normalized spacial score (nSPS) is 16.5. The Bertz CT molecular complexity index is 693. The molecule has 2 rings (SSSR count). The van der Waals surface area contributed by atoms with Crippen LogP contribution in [0.3, 0.4) is 0 Å². The van der Waals surface area contributed by atoms with Crippen LogP contribution in [0.4, 0.5) is 0 Å². The fraction of sp³-hybridized carbons (Fsp3) is 0.625. The number of methoxy groups -OCH3 is 1. The summed E-state index contributed by atoms with van der Waals surface area (Å²) >= 11 is 0. The molecule has 1 amide bonds. The van der Waals surface area contributed by atoms with Crippen LogP contribution >= 0.6 is 0 Å². The highest BCUT2D eigenvalue weighted by atomic mass is 32.2. The molecule has 0 spiro atoms. The van der Waals surface area contributed by atoms with Crippen molar-refractivity contribution < 1.29 is 22.7 Å². The van der Waals surface area contributed by atoms with Gasteiger partial charge in [0.1, 0.15) is 6.61 Å². The Morgan fingerprint density at radius 3 is 2.62 bits per heavy atom. The van der Waals surface area contributed by atoms with E-state index in [9.17, 15) is 13.2 Å². The van der Waals surface area contributed by atoms with Crippen molar-refractivity contribution in [2.45, 2.75) is 13.0 Å². The van der Waals surface area contributed by atoms with Crippen molar-refractivity contribution in [3.8, 4) is 5.88 Å². The van der Waals surface area contributed by atoms with Crippen molar-refractivity contribution in [1.29, 1.82) is 0 Å². The van der Waals surface area contributed by atoms with Crippen molar-refractivity contribution in [2.75, 3.05) is 54.0 Å². The van der Waals surface area contributed by atoms with Gasteiger partial charge in [-0.25, -0.2) is 4.98 Å². The summed E-state index contributed by atoms with van der Waals surface area (Å²) in [5.41, 5.74) is 0.845. The number of ether oxygens (including phenoxy) is 2. The number of carbonyl (C=O) groups excluding carboxylic acids is 1. The number of nitrogens with zero attached hydrogens (tertiary/aromatic N) is 4. The van der Waals surface area contributed by atoms with E-state index in [1.807, 2.05) is 6.07 Å². The van der Waals surface area contributed by atoms with Gasteiger partial charge in [-0.3, -0.25) is 4.79 Å². The molecule has 10 heteroatoms. The highest BCUT2D eigenvalue weighted by Crippen LogP contribution is 2.11. The first-order chi connectivity index (χ1) is 12.3. The van der Waals surface area contributed by atoms with E-state index in [1.165, 1.54) is 22.7 Å². The van der Waals surface area contributed by atoms with Gasteiger partial charge in [0.05, 0.1) is 13.7 Å². The SMILES string of the molecule is COc1ccc(COCC(=O)N2CCCN(S(=O)(=O)N(C)C)CC2)cn1. The molecule has 0 bridgehead atoms. The zero-order chi connectivity index (χ0) is 19.2. The lowest BCUT2D eigenvalue weighted by Gasteiger charge is -2.24. The van der Waals surface area contributed by atoms with Gasteiger partial charge in [-0.05, 0) is 18.1 Å². The third-order valence-corrected chi connectivity index (χ3v) is 6.04. The van der Waals surface area contributed by atoms with Gasteiger partial charge in [0.25, 0.3) is 10.2 Å². The minimum absolute atomic E-state index is 0.0491. The molecule has 0 radical (unpaired) electrons. The monoisotopic (exact) mass is 386 g/mol. The molecule has 1 fully saturated rings. The van der Waals surface area contributed by atoms with Crippen LogP contribution in [0.2, 0.25) is 0 Å². The maximum atomic E-state index is 12.3. The van der Waals surface area contributed by atoms with Crippen LogP contribution in [0.15, 0.2) is 18.3 Å². The summed E-state index contributed by atoms with van der Waals surface area (Å²) in [6.07, 6.45) is 2.24. The molecule has 0 unspecified atom stereocenters. The van der Waals surface area contributed by atoms with Crippen molar-refractivity contribution in [2.24, 2.45) is 0 Å². The first kappa shape index (κ1) is 20.6. The number of aromatic nitrogens is 1. The summed E-state index contributed by atoms with van der Waals surface area (Å²) in [6, 6.07) is 3.56. The van der Waals surface area contributed by atoms with Gasteiger partial charge >= 0.3 is 0 Å². The lowest BCUT2D eigenvalue weighted by Crippen LogP contribution is -2.43. The molecule has 26 heavy (non-hydrogen) atoms. The fourth-order valence-corrected chi connectivity index (χ4v) is 3.70. The smallest absolute Gasteiger partial charge is 0.281 e. The second-order valence-corrected chi connectivity index (χ2v) is 8.27. The Labute approximate surface area is 154 Å². The maximum absolute atomic E-state index is 12.3. The van der Waals surface area contributed by atoms with E-state index in [1.54, 1.807) is 24.3 Å². The average Bonchev–Trinajstić information content (AvgIpc) is 2.88. The van der Waals surface area contributed by atoms with Crippen molar-refractivity contribution in [3.05, 3.63) is 23.9 Å². The Hall–Kier alpha value is -1.75. The lowest BCUT2D eigenvalue weighted by atomic mass is 10.3. The fourth-order valence-electron chi connectivity index (χ4n) is 2.57. The van der Waals surface area contributed by atoms with Gasteiger partial charge in [-0.15, -0.1) is 0 Å². The van der Waals surface area contributed by atoms with Crippen LogP contribution in [0.5, 0.6) is 5.88 Å². The summed E-state index contributed by atoms with van der Waals surface area (Å²) in [6.45, 7) is 1.80. The summed E-state index contributed by atoms with van der Waals surface area (Å²) in [4.78, 5) is 18.0. The second kappa shape index (κ2) is 9.26. The molecule has 1 aromatic rings. The highest BCUT2D eigenvalue weighted by molar-refractivity contribution is 7.86. The summed E-state index contributed by atoms with van der Waals surface area (Å²) in [7, 11) is 1.10. The summed E-state index contributed by atoms with van der Waals surface area (Å²) < 4.78 is 37.5. The molecule has 1 aliphatic heterocycles. The van der Waals surface area contributed by atoms with Gasteiger partial charge in [-0.2, -0.15) is 17.0 Å². The van der Waals surface area contributed by atoms with E-state index >= 15 is 0 Å². The first-order valence-corrected chi connectivity index (χ1v) is 9.76. The molecule has 2 heterocycles.